The average Bonchev–Trinajstić information content (AvgIpc) is 3.28. The van der Waals surface area contributed by atoms with E-state index in [2.05, 4.69) is 15.0 Å². The molecule has 2 aromatic heterocycles. The Morgan fingerprint density at radius 1 is 1.17 bits per heavy atom. The molecule has 0 saturated carbocycles. The molecule has 1 aliphatic heterocycles. The Morgan fingerprint density at radius 2 is 1.97 bits per heavy atom. The van der Waals surface area contributed by atoms with E-state index in [1.165, 1.54) is 24.3 Å². The van der Waals surface area contributed by atoms with E-state index in [0.717, 1.165) is 5.56 Å². The summed E-state index contributed by atoms with van der Waals surface area (Å²) in [4.78, 5) is 24.4. The van der Waals surface area contributed by atoms with Gasteiger partial charge in [-0.25, -0.2) is 9.97 Å². The summed E-state index contributed by atoms with van der Waals surface area (Å²) in [5.74, 6) is -0.163. The third kappa shape index (κ3) is 3.77. The van der Waals surface area contributed by atoms with E-state index in [0.29, 0.717) is 11.2 Å². The molecule has 1 aliphatic rings. The minimum Gasteiger partial charge on any atom is -0.479 e. The van der Waals surface area contributed by atoms with Crippen LogP contribution in [-0.2, 0) is 20.7 Å². The number of aromatic nitrogens is 4. The van der Waals surface area contributed by atoms with Gasteiger partial charge in [-0.05, 0) is 5.56 Å². The van der Waals surface area contributed by atoms with Crippen LogP contribution in [0, 0.1) is 0 Å². The number of hydrogen-bond acceptors (Lipinski definition) is 9. The number of carbonyl (C=O) groups excluding carboxylic acids is 1. The van der Waals surface area contributed by atoms with Crippen molar-refractivity contribution in [1.29, 1.82) is 0 Å². The lowest BCUT2D eigenvalue weighted by Gasteiger charge is -2.16. The monoisotopic (exact) mass is 400 g/mol. The maximum Gasteiger partial charge on any atom is 0.310 e. The zero-order valence-electron chi connectivity index (χ0n) is 15.6. The molecule has 0 spiro atoms. The fourth-order valence-corrected chi connectivity index (χ4v) is 3.25. The van der Waals surface area contributed by atoms with Gasteiger partial charge in [-0.15, -0.1) is 0 Å². The van der Waals surface area contributed by atoms with Gasteiger partial charge in [0.25, 0.3) is 0 Å². The van der Waals surface area contributed by atoms with Crippen LogP contribution < -0.4 is 4.74 Å². The first-order valence-corrected chi connectivity index (χ1v) is 9.01. The molecule has 3 aromatic rings. The van der Waals surface area contributed by atoms with Crippen molar-refractivity contribution in [2.24, 2.45) is 0 Å². The van der Waals surface area contributed by atoms with Gasteiger partial charge in [0.1, 0.15) is 31.2 Å². The maximum absolute atomic E-state index is 12.0. The van der Waals surface area contributed by atoms with Gasteiger partial charge in [0.2, 0.25) is 5.88 Å². The van der Waals surface area contributed by atoms with E-state index in [4.69, 9.17) is 14.2 Å². The van der Waals surface area contributed by atoms with Crippen molar-refractivity contribution in [3.05, 3.63) is 48.5 Å². The van der Waals surface area contributed by atoms with Crippen LogP contribution in [0.4, 0.5) is 0 Å². The second-order valence-corrected chi connectivity index (χ2v) is 6.60. The van der Waals surface area contributed by atoms with E-state index >= 15 is 0 Å². The van der Waals surface area contributed by atoms with Crippen LogP contribution in [0.15, 0.2) is 43.0 Å². The van der Waals surface area contributed by atoms with E-state index in [-0.39, 0.29) is 18.9 Å². The topological polar surface area (TPSA) is 129 Å². The Labute approximate surface area is 165 Å². The van der Waals surface area contributed by atoms with Crippen LogP contribution in [-0.4, -0.2) is 67.7 Å². The predicted octanol–water partition coefficient (Wildman–Crippen LogP) is 0.240. The Kier molecular flexibility index (Phi) is 5.38. The number of ether oxygens (including phenoxy) is 3. The normalized spacial score (nSPS) is 24.0. The number of benzene rings is 1. The van der Waals surface area contributed by atoms with Crippen molar-refractivity contribution < 1.29 is 29.2 Å². The van der Waals surface area contributed by atoms with Crippen LogP contribution in [0.5, 0.6) is 5.88 Å². The number of imidazole rings is 1. The lowest BCUT2D eigenvalue weighted by molar-refractivity contribution is -0.149. The van der Waals surface area contributed by atoms with Gasteiger partial charge in [0.05, 0.1) is 19.9 Å². The number of esters is 1. The van der Waals surface area contributed by atoms with Crippen molar-refractivity contribution in [3.63, 3.8) is 0 Å². The molecule has 3 heterocycles. The molecule has 10 heteroatoms. The van der Waals surface area contributed by atoms with Gasteiger partial charge in [0.15, 0.2) is 17.4 Å². The number of nitrogens with zero attached hydrogens (tertiary/aromatic N) is 4. The number of hydrogen-bond donors (Lipinski definition) is 2. The molecule has 1 saturated heterocycles. The number of rotatable bonds is 6. The van der Waals surface area contributed by atoms with Crippen LogP contribution in [0.3, 0.4) is 0 Å². The Morgan fingerprint density at radius 3 is 2.72 bits per heavy atom. The van der Waals surface area contributed by atoms with Gasteiger partial charge in [0, 0.05) is 0 Å². The third-order valence-corrected chi connectivity index (χ3v) is 4.73. The summed E-state index contributed by atoms with van der Waals surface area (Å²) >= 11 is 0. The van der Waals surface area contributed by atoms with Gasteiger partial charge in [-0.2, -0.15) is 4.98 Å². The lowest BCUT2D eigenvalue weighted by Crippen LogP contribution is -2.34. The number of aliphatic hydroxyl groups is 2. The SMILES string of the molecule is COc1ncnc2c1ncn2[C@@H]1O[C@H](COC(=O)Cc2ccccc2)[C@@H](O)[C@@H]1O. The fourth-order valence-electron chi connectivity index (χ4n) is 3.25. The molecule has 152 valence electrons. The quantitative estimate of drug-likeness (QED) is 0.559. The number of methoxy groups -OCH3 is 1. The average molecular weight is 400 g/mol. The standard InChI is InChI=1S/C19H20N4O6/c1-27-18-14-17(20-9-21-18)23(10-22-14)19-16(26)15(25)12(29-19)8-28-13(24)7-11-5-3-2-4-6-11/h2-6,9-10,12,15-16,19,25-26H,7-8H2,1H3/t12-,15-,16+,19-/m1/s1. The first-order chi connectivity index (χ1) is 14.1. The highest BCUT2D eigenvalue weighted by atomic mass is 16.6. The molecule has 29 heavy (non-hydrogen) atoms. The Balaban J connectivity index is 1.44. The van der Waals surface area contributed by atoms with Crippen molar-refractivity contribution in [3.8, 4) is 5.88 Å². The second kappa shape index (κ2) is 8.11. The maximum atomic E-state index is 12.0. The molecule has 1 fully saturated rings. The van der Waals surface area contributed by atoms with Crippen LogP contribution >= 0.6 is 0 Å². The summed E-state index contributed by atoms with van der Waals surface area (Å²) in [6.07, 6.45) is -1.51. The van der Waals surface area contributed by atoms with Crippen molar-refractivity contribution in [2.45, 2.75) is 31.0 Å². The molecule has 0 radical (unpaired) electrons. The molecule has 0 aliphatic carbocycles. The fraction of sp³-hybridized carbons (Fsp3) is 0.368. The smallest absolute Gasteiger partial charge is 0.310 e. The van der Waals surface area contributed by atoms with E-state index in [9.17, 15) is 15.0 Å². The summed E-state index contributed by atoms with van der Waals surface area (Å²) < 4.78 is 17.6. The summed E-state index contributed by atoms with van der Waals surface area (Å²) in [5.41, 5.74) is 1.61. The molecule has 4 atom stereocenters. The first-order valence-electron chi connectivity index (χ1n) is 9.01. The first kappa shape index (κ1) is 19.2. The van der Waals surface area contributed by atoms with Crippen molar-refractivity contribution in [2.75, 3.05) is 13.7 Å². The van der Waals surface area contributed by atoms with Crippen LogP contribution in [0.2, 0.25) is 0 Å². The second-order valence-electron chi connectivity index (χ2n) is 6.60. The third-order valence-electron chi connectivity index (χ3n) is 4.73. The highest BCUT2D eigenvalue weighted by Crippen LogP contribution is 2.32. The van der Waals surface area contributed by atoms with Crippen LogP contribution in [0.25, 0.3) is 11.2 Å². The van der Waals surface area contributed by atoms with E-state index in [1.807, 2.05) is 30.3 Å². The van der Waals surface area contributed by atoms with Gasteiger partial charge in [-0.1, -0.05) is 30.3 Å². The van der Waals surface area contributed by atoms with Crippen molar-refractivity contribution in [1.82, 2.24) is 19.5 Å². The molecular formula is C19H20N4O6. The zero-order valence-corrected chi connectivity index (χ0v) is 15.6. The molecule has 2 N–H and O–H groups in total. The van der Waals surface area contributed by atoms with E-state index in [1.54, 1.807) is 0 Å². The minimum absolute atomic E-state index is 0.110. The highest BCUT2D eigenvalue weighted by molar-refractivity contribution is 5.76. The molecule has 0 unspecified atom stereocenters. The lowest BCUT2D eigenvalue weighted by atomic mass is 10.1. The minimum atomic E-state index is -1.26. The largest absolute Gasteiger partial charge is 0.479 e. The Bertz CT molecular complexity index is 995. The van der Waals surface area contributed by atoms with Gasteiger partial charge in [-0.3, -0.25) is 9.36 Å². The summed E-state index contributed by atoms with van der Waals surface area (Å²) in [6.45, 7) is -0.189. The highest BCUT2D eigenvalue weighted by Gasteiger charge is 2.45. The molecule has 1 aromatic carbocycles. The number of carbonyl (C=O) groups is 1. The molecule has 10 nitrogen and oxygen atoms in total. The van der Waals surface area contributed by atoms with Crippen LogP contribution in [0.1, 0.15) is 11.8 Å². The molecular weight excluding hydrogens is 380 g/mol. The van der Waals surface area contributed by atoms with Gasteiger partial charge < -0.3 is 24.4 Å². The molecule has 0 bridgehead atoms. The van der Waals surface area contributed by atoms with Gasteiger partial charge >= 0.3 is 5.97 Å². The Hall–Kier alpha value is -3.08. The summed E-state index contributed by atoms with van der Waals surface area (Å²) in [7, 11) is 1.46. The molecule has 4 rings (SSSR count). The zero-order chi connectivity index (χ0) is 20.4. The summed E-state index contributed by atoms with van der Waals surface area (Å²) in [5, 5.41) is 20.8. The van der Waals surface area contributed by atoms with E-state index < -0.39 is 30.5 Å². The number of aliphatic hydroxyl groups excluding tert-OH is 2. The molecule has 0 amide bonds. The summed E-state index contributed by atoms with van der Waals surface area (Å²) in [6, 6.07) is 9.17. The number of fused-ring (bicyclic) bond motifs is 1. The predicted molar refractivity (Wildman–Crippen MR) is 98.9 cm³/mol. The van der Waals surface area contributed by atoms with Crippen molar-refractivity contribution >= 4 is 17.1 Å².